The maximum atomic E-state index is 5.43. The average Bonchev–Trinajstić information content (AvgIpc) is 3.04. The van der Waals surface area contributed by atoms with Crippen molar-refractivity contribution in [2.45, 2.75) is 78.4 Å². The minimum Gasteiger partial charge on any atom is -0.361 e. The summed E-state index contributed by atoms with van der Waals surface area (Å²) in [7, 11) is 1.82. The van der Waals surface area contributed by atoms with Crippen LogP contribution in [-0.4, -0.2) is 48.2 Å². The van der Waals surface area contributed by atoms with E-state index in [-0.39, 0.29) is 24.0 Å². The molecule has 1 aromatic heterocycles. The molecule has 0 aromatic carbocycles. The third-order valence-electron chi connectivity index (χ3n) is 5.25. The van der Waals surface area contributed by atoms with Crippen molar-refractivity contribution in [3.8, 4) is 0 Å². The summed E-state index contributed by atoms with van der Waals surface area (Å²) in [6.07, 6.45) is 5.73. The van der Waals surface area contributed by atoms with E-state index in [1.807, 2.05) is 7.05 Å². The number of nitrogens with zero attached hydrogens (tertiary/aromatic N) is 3. The predicted molar refractivity (Wildman–Crippen MR) is 118 cm³/mol. The summed E-state index contributed by atoms with van der Waals surface area (Å²) >= 11 is 0. The number of aromatic nitrogens is 1. The molecule has 1 aliphatic rings. The first-order valence-corrected chi connectivity index (χ1v) is 9.77. The van der Waals surface area contributed by atoms with Gasteiger partial charge >= 0.3 is 0 Å². The molecule has 2 N–H and O–H groups in total. The largest absolute Gasteiger partial charge is 0.361 e. The smallest absolute Gasteiger partial charge is 0.191 e. The van der Waals surface area contributed by atoms with E-state index in [1.54, 1.807) is 0 Å². The fraction of sp³-hybridized carbons (Fsp3) is 0.789. The highest BCUT2D eigenvalue weighted by Gasteiger charge is 2.23. The molecule has 2 unspecified atom stereocenters. The van der Waals surface area contributed by atoms with Crippen molar-refractivity contribution in [3.05, 3.63) is 17.0 Å². The van der Waals surface area contributed by atoms with Crippen LogP contribution in [0.25, 0.3) is 0 Å². The number of likely N-dealkylation sites (tertiary alicyclic amines) is 1. The Morgan fingerprint density at radius 1 is 1.31 bits per heavy atom. The maximum Gasteiger partial charge on any atom is 0.191 e. The zero-order valence-electron chi connectivity index (χ0n) is 17.0. The first-order chi connectivity index (χ1) is 12.1. The number of nitrogens with one attached hydrogen (secondary N) is 2. The monoisotopic (exact) mass is 477 g/mol. The Hall–Kier alpha value is -0.830. The van der Waals surface area contributed by atoms with Crippen LogP contribution in [0.4, 0.5) is 0 Å². The first kappa shape index (κ1) is 23.2. The molecular formula is C19H36IN5O. The predicted octanol–water partition coefficient (Wildman–Crippen LogP) is 3.35. The van der Waals surface area contributed by atoms with Crippen molar-refractivity contribution in [1.29, 1.82) is 0 Å². The van der Waals surface area contributed by atoms with Crippen LogP contribution in [0.1, 0.15) is 64.0 Å². The van der Waals surface area contributed by atoms with Crippen molar-refractivity contribution >= 4 is 29.9 Å². The van der Waals surface area contributed by atoms with E-state index in [1.165, 1.54) is 31.4 Å². The lowest BCUT2D eigenvalue weighted by molar-refractivity contribution is 0.115. The van der Waals surface area contributed by atoms with Crippen LogP contribution in [0.3, 0.4) is 0 Å². The summed E-state index contributed by atoms with van der Waals surface area (Å²) < 4.78 is 5.43. The van der Waals surface area contributed by atoms with E-state index in [0.717, 1.165) is 36.8 Å². The van der Waals surface area contributed by atoms with Crippen LogP contribution in [0.2, 0.25) is 0 Å². The maximum absolute atomic E-state index is 5.43. The number of halogens is 1. The number of hydrogen-bond acceptors (Lipinski definition) is 4. The van der Waals surface area contributed by atoms with Crippen LogP contribution in [0.15, 0.2) is 9.52 Å². The van der Waals surface area contributed by atoms with E-state index in [2.05, 4.69) is 53.4 Å². The number of aliphatic imine (C=N–C) groups is 1. The number of hydrogen-bond donors (Lipinski definition) is 2. The van der Waals surface area contributed by atoms with E-state index in [9.17, 15) is 0 Å². The van der Waals surface area contributed by atoms with Gasteiger partial charge in [0.25, 0.3) is 0 Å². The van der Waals surface area contributed by atoms with Crippen LogP contribution in [0.5, 0.6) is 0 Å². The van der Waals surface area contributed by atoms with Gasteiger partial charge in [0, 0.05) is 44.2 Å². The Morgan fingerprint density at radius 2 is 2.08 bits per heavy atom. The SMILES string of the molecule is CCc1noc(CC)c1CNC(=NC)NCC(C)N1CCCCC1C.I. The average molecular weight is 477 g/mol. The molecule has 0 aliphatic carbocycles. The highest BCUT2D eigenvalue weighted by molar-refractivity contribution is 14.0. The van der Waals surface area contributed by atoms with Crippen LogP contribution in [0, 0.1) is 0 Å². The molecule has 150 valence electrons. The molecule has 1 saturated heterocycles. The summed E-state index contributed by atoms with van der Waals surface area (Å²) in [5.74, 6) is 1.80. The van der Waals surface area contributed by atoms with Crippen molar-refractivity contribution in [1.82, 2.24) is 20.7 Å². The summed E-state index contributed by atoms with van der Waals surface area (Å²) in [6, 6.07) is 1.18. The van der Waals surface area contributed by atoms with Gasteiger partial charge in [0.2, 0.25) is 0 Å². The van der Waals surface area contributed by atoms with Crippen molar-refractivity contribution in [3.63, 3.8) is 0 Å². The molecule has 2 rings (SSSR count). The number of piperidine rings is 1. The first-order valence-electron chi connectivity index (χ1n) is 9.77. The third-order valence-corrected chi connectivity index (χ3v) is 5.25. The van der Waals surface area contributed by atoms with Gasteiger partial charge < -0.3 is 15.2 Å². The van der Waals surface area contributed by atoms with Crippen LogP contribution in [-0.2, 0) is 19.4 Å². The minimum atomic E-state index is 0. The lowest BCUT2D eigenvalue weighted by atomic mass is 10.0. The van der Waals surface area contributed by atoms with Crippen molar-refractivity contribution in [2.75, 3.05) is 20.1 Å². The van der Waals surface area contributed by atoms with Gasteiger partial charge in [-0.2, -0.15) is 0 Å². The molecule has 26 heavy (non-hydrogen) atoms. The molecule has 2 atom stereocenters. The normalized spacial score (nSPS) is 19.7. The molecular weight excluding hydrogens is 441 g/mol. The van der Waals surface area contributed by atoms with E-state index < -0.39 is 0 Å². The second kappa shape index (κ2) is 11.8. The lowest BCUT2D eigenvalue weighted by Gasteiger charge is -2.38. The molecule has 1 fully saturated rings. The lowest BCUT2D eigenvalue weighted by Crippen LogP contribution is -2.50. The van der Waals surface area contributed by atoms with Crippen LogP contribution >= 0.6 is 24.0 Å². The molecule has 0 saturated carbocycles. The van der Waals surface area contributed by atoms with Gasteiger partial charge in [-0.1, -0.05) is 25.4 Å². The van der Waals surface area contributed by atoms with Gasteiger partial charge in [0.1, 0.15) is 5.76 Å². The Bertz CT molecular complexity index is 539. The number of rotatable bonds is 7. The van der Waals surface area contributed by atoms with Gasteiger partial charge in [0.15, 0.2) is 5.96 Å². The summed E-state index contributed by atoms with van der Waals surface area (Å²) in [6.45, 7) is 11.6. The molecule has 0 radical (unpaired) electrons. The van der Waals surface area contributed by atoms with Gasteiger partial charge in [-0.15, -0.1) is 24.0 Å². The molecule has 0 spiro atoms. The molecule has 7 heteroatoms. The highest BCUT2D eigenvalue weighted by atomic mass is 127. The topological polar surface area (TPSA) is 65.7 Å². The van der Waals surface area contributed by atoms with Crippen LogP contribution < -0.4 is 10.6 Å². The minimum absolute atomic E-state index is 0. The van der Waals surface area contributed by atoms with Crippen molar-refractivity contribution in [2.24, 2.45) is 4.99 Å². The Balaban J connectivity index is 0.00000338. The molecule has 6 nitrogen and oxygen atoms in total. The van der Waals surface area contributed by atoms with Gasteiger partial charge in [0.05, 0.1) is 5.69 Å². The Morgan fingerprint density at radius 3 is 2.69 bits per heavy atom. The molecule has 0 bridgehead atoms. The molecule has 2 heterocycles. The Labute approximate surface area is 175 Å². The van der Waals surface area contributed by atoms with Gasteiger partial charge in [-0.05, 0) is 39.7 Å². The summed E-state index contributed by atoms with van der Waals surface area (Å²) in [4.78, 5) is 6.96. The van der Waals surface area contributed by atoms with Crippen molar-refractivity contribution < 1.29 is 4.52 Å². The van der Waals surface area contributed by atoms with E-state index in [4.69, 9.17) is 4.52 Å². The second-order valence-electron chi connectivity index (χ2n) is 6.98. The van der Waals surface area contributed by atoms with Gasteiger partial charge in [-0.25, -0.2) is 0 Å². The van der Waals surface area contributed by atoms with E-state index in [0.29, 0.717) is 18.6 Å². The third kappa shape index (κ3) is 6.11. The zero-order valence-corrected chi connectivity index (χ0v) is 19.3. The zero-order chi connectivity index (χ0) is 18.2. The quantitative estimate of drug-likeness (QED) is 0.358. The fourth-order valence-electron chi connectivity index (χ4n) is 3.67. The molecule has 1 aromatic rings. The highest BCUT2D eigenvalue weighted by Crippen LogP contribution is 2.18. The summed E-state index contributed by atoms with van der Waals surface area (Å²) in [5, 5.41) is 11.1. The molecule has 0 amide bonds. The number of guanidine groups is 1. The van der Waals surface area contributed by atoms with Gasteiger partial charge in [-0.3, -0.25) is 9.89 Å². The molecule has 1 aliphatic heterocycles. The fourth-order valence-corrected chi connectivity index (χ4v) is 3.67. The summed E-state index contributed by atoms with van der Waals surface area (Å²) in [5.41, 5.74) is 2.21. The van der Waals surface area contributed by atoms with E-state index >= 15 is 0 Å². The second-order valence-corrected chi connectivity index (χ2v) is 6.98. The Kier molecular flexibility index (Phi) is 10.5. The standard InChI is InChI=1S/C19H35N5O.HI/c1-6-17-16(18(7-2)25-23-17)13-22-19(20-5)21-12-15(4)24-11-9-8-10-14(24)3;/h14-15H,6-13H2,1-5H3,(H2,20,21,22);1H. The number of aryl methyl sites for hydroxylation is 2.